The van der Waals surface area contributed by atoms with Crippen LogP contribution in [0.2, 0.25) is 0 Å². The molecule has 6 heteroatoms. The summed E-state index contributed by atoms with van der Waals surface area (Å²) < 4.78 is 27.1. The van der Waals surface area contributed by atoms with Crippen molar-refractivity contribution >= 4 is 10.1 Å². The summed E-state index contributed by atoms with van der Waals surface area (Å²) in [7, 11) is -2.56. The third kappa shape index (κ3) is 2.09. The molecule has 1 aromatic carbocycles. The highest BCUT2D eigenvalue weighted by atomic mass is 32.2. The highest BCUT2D eigenvalue weighted by molar-refractivity contribution is 7.86. The molecular weight excluding hydrogens is 204 g/mol. The van der Waals surface area contributed by atoms with Gasteiger partial charge in [0.05, 0.1) is 5.56 Å². The van der Waals surface area contributed by atoms with E-state index in [0.717, 1.165) is 0 Å². The second kappa shape index (κ2) is 4.19. The average Bonchev–Trinajstić information content (AvgIpc) is 2.18. The molecule has 0 aliphatic heterocycles. The van der Waals surface area contributed by atoms with Gasteiger partial charge in [-0.2, -0.15) is 23.4 Å². The fourth-order valence-electron chi connectivity index (χ4n) is 0.932. The summed E-state index contributed by atoms with van der Waals surface area (Å²) in [6.07, 6.45) is 0. The number of rotatable bonds is 3. The Morgan fingerprint density at radius 1 is 1.43 bits per heavy atom. The van der Waals surface area contributed by atoms with E-state index in [2.05, 4.69) is 9.76 Å². The van der Waals surface area contributed by atoms with E-state index < -0.39 is 10.1 Å². The topological polar surface area (TPSA) is 79.2 Å². The number of nitriles is 1. The predicted octanol–water partition coefficient (Wildman–Crippen LogP) is 0.398. The lowest BCUT2D eigenvalue weighted by Crippen LogP contribution is -2.16. The fourth-order valence-corrected chi connectivity index (χ4v) is 1.87. The second-order valence-electron chi connectivity index (χ2n) is 2.35. The molecule has 0 fully saturated rings. The van der Waals surface area contributed by atoms with Crippen molar-refractivity contribution in [3.05, 3.63) is 29.8 Å². The van der Waals surface area contributed by atoms with Crippen molar-refractivity contribution in [3.63, 3.8) is 0 Å². The number of benzene rings is 1. The van der Waals surface area contributed by atoms with Crippen LogP contribution in [0.3, 0.4) is 0 Å². The Kier molecular flexibility index (Phi) is 3.19. The molecule has 0 atom stereocenters. The first-order valence-electron chi connectivity index (χ1n) is 3.71. The van der Waals surface area contributed by atoms with Crippen LogP contribution in [0.25, 0.3) is 0 Å². The molecule has 0 radical (unpaired) electrons. The average molecular weight is 212 g/mol. The monoisotopic (exact) mass is 212 g/mol. The van der Waals surface area contributed by atoms with Crippen molar-refractivity contribution in [2.45, 2.75) is 4.90 Å². The Hall–Kier alpha value is -1.42. The van der Waals surface area contributed by atoms with Crippen molar-refractivity contribution in [1.82, 2.24) is 5.48 Å². The van der Waals surface area contributed by atoms with Gasteiger partial charge in [0, 0.05) is 7.05 Å². The van der Waals surface area contributed by atoms with E-state index in [9.17, 15) is 8.42 Å². The molecule has 0 saturated heterocycles. The maximum atomic E-state index is 11.4. The minimum absolute atomic E-state index is 0.0581. The highest BCUT2D eigenvalue weighted by Gasteiger charge is 2.18. The standard InChI is InChI=1S/C8H8N2O3S/c1-10-13-14(11,12)8-5-3-2-4-7(8)6-9/h2-5,10H,1H3. The smallest absolute Gasteiger partial charge is 0.192 e. The van der Waals surface area contributed by atoms with Crippen LogP contribution >= 0.6 is 0 Å². The molecule has 1 N–H and O–H groups in total. The molecule has 74 valence electrons. The van der Waals surface area contributed by atoms with Gasteiger partial charge in [0.1, 0.15) is 11.0 Å². The van der Waals surface area contributed by atoms with E-state index in [1.54, 1.807) is 12.1 Å². The summed E-state index contributed by atoms with van der Waals surface area (Å²) in [6.45, 7) is 0. The Bertz CT molecular complexity index is 462. The minimum Gasteiger partial charge on any atom is -0.192 e. The molecule has 0 amide bonds. The van der Waals surface area contributed by atoms with Crippen LogP contribution in [0.1, 0.15) is 5.56 Å². The zero-order valence-electron chi connectivity index (χ0n) is 7.39. The molecular formula is C8H8N2O3S. The molecule has 0 saturated carbocycles. The number of hydroxylamine groups is 1. The van der Waals surface area contributed by atoms with Crippen LogP contribution in [0.15, 0.2) is 29.2 Å². The van der Waals surface area contributed by atoms with Crippen molar-refractivity contribution in [3.8, 4) is 6.07 Å². The summed E-state index contributed by atoms with van der Waals surface area (Å²) in [5.74, 6) is 0. The molecule has 0 bridgehead atoms. The first-order valence-corrected chi connectivity index (χ1v) is 5.12. The second-order valence-corrected chi connectivity index (χ2v) is 3.86. The Balaban J connectivity index is 3.27. The Morgan fingerprint density at radius 3 is 2.64 bits per heavy atom. The van der Waals surface area contributed by atoms with Gasteiger partial charge in [-0.3, -0.25) is 0 Å². The van der Waals surface area contributed by atoms with Gasteiger partial charge in [-0.25, -0.2) is 0 Å². The lowest BCUT2D eigenvalue weighted by atomic mass is 10.2. The summed E-state index contributed by atoms with van der Waals surface area (Å²) in [4.78, 5) is -0.142. The van der Waals surface area contributed by atoms with Crippen LogP contribution in [-0.4, -0.2) is 15.5 Å². The van der Waals surface area contributed by atoms with Gasteiger partial charge in [-0.15, -0.1) is 0 Å². The fraction of sp³-hybridized carbons (Fsp3) is 0.125. The summed E-state index contributed by atoms with van der Waals surface area (Å²) in [6, 6.07) is 7.59. The SMILES string of the molecule is CNOS(=O)(=O)c1ccccc1C#N. The van der Waals surface area contributed by atoms with E-state index in [4.69, 9.17) is 5.26 Å². The molecule has 1 rings (SSSR count). The van der Waals surface area contributed by atoms with Crippen molar-refractivity contribution in [2.75, 3.05) is 7.05 Å². The van der Waals surface area contributed by atoms with Crippen molar-refractivity contribution < 1.29 is 12.7 Å². The molecule has 0 unspecified atom stereocenters. The number of nitrogens with zero attached hydrogens (tertiary/aromatic N) is 1. The third-order valence-electron chi connectivity index (χ3n) is 1.47. The Labute approximate surface area is 82.0 Å². The van der Waals surface area contributed by atoms with Gasteiger partial charge in [0.2, 0.25) is 0 Å². The predicted molar refractivity (Wildman–Crippen MR) is 48.5 cm³/mol. The molecule has 0 heterocycles. The van der Waals surface area contributed by atoms with E-state index in [-0.39, 0.29) is 10.5 Å². The van der Waals surface area contributed by atoms with Gasteiger partial charge in [0.25, 0.3) is 0 Å². The maximum Gasteiger partial charge on any atom is 0.314 e. The number of nitrogens with one attached hydrogen (secondary N) is 1. The van der Waals surface area contributed by atoms with Crippen molar-refractivity contribution in [1.29, 1.82) is 5.26 Å². The van der Waals surface area contributed by atoms with E-state index in [1.807, 2.05) is 0 Å². The largest absolute Gasteiger partial charge is 0.314 e. The summed E-state index contributed by atoms with van der Waals surface area (Å²) in [5, 5.41) is 8.66. The minimum atomic E-state index is -3.89. The van der Waals surface area contributed by atoms with E-state index >= 15 is 0 Å². The molecule has 1 aromatic rings. The van der Waals surface area contributed by atoms with Gasteiger partial charge in [0.15, 0.2) is 0 Å². The van der Waals surface area contributed by atoms with Gasteiger partial charge < -0.3 is 0 Å². The molecule has 0 aliphatic carbocycles. The zero-order valence-corrected chi connectivity index (χ0v) is 8.21. The molecule has 14 heavy (non-hydrogen) atoms. The van der Waals surface area contributed by atoms with Gasteiger partial charge >= 0.3 is 10.1 Å². The zero-order chi connectivity index (χ0) is 10.6. The molecule has 0 aliphatic rings. The van der Waals surface area contributed by atoms with E-state index in [1.165, 1.54) is 25.2 Å². The van der Waals surface area contributed by atoms with Crippen LogP contribution in [0.4, 0.5) is 0 Å². The number of hydrogen-bond acceptors (Lipinski definition) is 5. The quantitative estimate of drug-likeness (QED) is 0.733. The van der Waals surface area contributed by atoms with Crippen molar-refractivity contribution in [2.24, 2.45) is 0 Å². The van der Waals surface area contributed by atoms with Crippen LogP contribution < -0.4 is 5.48 Å². The van der Waals surface area contributed by atoms with Crippen LogP contribution in [-0.2, 0) is 14.4 Å². The number of hydrogen-bond donors (Lipinski definition) is 1. The highest BCUT2D eigenvalue weighted by Crippen LogP contribution is 2.15. The maximum absolute atomic E-state index is 11.4. The first kappa shape index (κ1) is 10.7. The molecule has 5 nitrogen and oxygen atoms in total. The van der Waals surface area contributed by atoms with Gasteiger partial charge in [-0.1, -0.05) is 12.1 Å². The lowest BCUT2D eigenvalue weighted by molar-refractivity contribution is 0.231. The van der Waals surface area contributed by atoms with Crippen LogP contribution in [0, 0.1) is 11.3 Å². The van der Waals surface area contributed by atoms with Crippen LogP contribution in [0.5, 0.6) is 0 Å². The lowest BCUT2D eigenvalue weighted by Gasteiger charge is -2.03. The van der Waals surface area contributed by atoms with Gasteiger partial charge in [-0.05, 0) is 12.1 Å². The summed E-state index contributed by atoms with van der Waals surface area (Å²) in [5.41, 5.74) is 2.12. The molecule has 0 spiro atoms. The summed E-state index contributed by atoms with van der Waals surface area (Å²) >= 11 is 0. The van der Waals surface area contributed by atoms with E-state index in [0.29, 0.717) is 0 Å². The molecule has 0 aromatic heterocycles. The third-order valence-corrected chi connectivity index (χ3v) is 2.75. The first-order chi connectivity index (χ1) is 6.61. The normalized spacial score (nSPS) is 10.9. The Morgan fingerprint density at radius 2 is 2.07 bits per heavy atom.